The fraction of sp³-hybridized carbons (Fsp3) is 0.967. The Labute approximate surface area is 201 Å². The maximum Gasteiger partial charge on any atom is 0.138 e. The molecule has 0 amide bonds. The van der Waals surface area contributed by atoms with Gasteiger partial charge in [-0.15, -0.1) is 0 Å². The molecule has 3 nitrogen and oxygen atoms in total. The molecule has 33 heavy (non-hydrogen) atoms. The molecule has 186 valence electrons. The molecule has 0 aromatic rings. The van der Waals surface area contributed by atoms with Crippen LogP contribution < -0.4 is 0 Å². The fourth-order valence-corrected chi connectivity index (χ4v) is 11.7. The number of aliphatic hydroxyl groups is 1. The molecule has 0 unspecified atom stereocenters. The van der Waals surface area contributed by atoms with E-state index in [9.17, 15) is 9.90 Å². The van der Waals surface area contributed by atoms with Gasteiger partial charge in [-0.25, -0.2) is 0 Å². The predicted molar refractivity (Wildman–Crippen MR) is 131 cm³/mol. The van der Waals surface area contributed by atoms with Crippen molar-refractivity contribution in [3.63, 3.8) is 0 Å². The lowest BCUT2D eigenvalue weighted by molar-refractivity contribution is -0.157. The highest BCUT2D eigenvalue weighted by atomic mass is 16.6. The van der Waals surface area contributed by atoms with Gasteiger partial charge in [-0.2, -0.15) is 0 Å². The van der Waals surface area contributed by atoms with Crippen LogP contribution in [0.25, 0.3) is 0 Å². The highest BCUT2D eigenvalue weighted by Gasteiger charge is 2.82. The van der Waals surface area contributed by atoms with Gasteiger partial charge in [0, 0.05) is 11.8 Å². The Bertz CT molecular complexity index is 863. The van der Waals surface area contributed by atoms with Crippen LogP contribution >= 0.6 is 0 Å². The third-order valence-corrected chi connectivity index (χ3v) is 13.4. The minimum Gasteiger partial charge on any atom is -0.393 e. The van der Waals surface area contributed by atoms with Crippen molar-refractivity contribution in [3.8, 4) is 0 Å². The molecule has 6 fully saturated rings. The summed E-state index contributed by atoms with van der Waals surface area (Å²) < 4.78 is 6.02. The molecule has 6 rings (SSSR count). The highest BCUT2D eigenvalue weighted by Crippen LogP contribution is 2.88. The molecular weight excluding hydrogens is 408 g/mol. The monoisotopic (exact) mass is 456 g/mol. The number of hydrogen-bond donors (Lipinski definition) is 1. The van der Waals surface area contributed by atoms with Crippen molar-refractivity contribution < 1.29 is 14.6 Å². The predicted octanol–water partition coefficient (Wildman–Crippen LogP) is 6.42. The zero-order valence-corrected chi connectivity index (χ0v) is 22.2. The number of rotatable bonds is 4. The summed E-state index contributed by atoms with van der Waals surface area (Å²) in [5, 5.41) is 11.6. The van der Waals surface area contributed by atoms with Gasteiger partial charge < -0.3 is 9.84 Å². The van der Waals surface area contributed by atoms with Crippen LogP contribution in [0.2, 0.25) is 0 Å². The lowest BCUT2D eigenvalue weighted by Crippen LogP contribution is -2.57. The van der Waals surface area contributed by atoms with E-state index in [4.69, 9.17) is 4.74 Å². The Morgan fingerprint density at radius 1 is 0.970 bits per heavy atom. The standard InChI is InChI=1S/C30H48O3/c1-17(2)25-20(33-25)14-18(3)24-19(31)15-28(7)22-9-8-21-26(4,5)23(32)10-11-29(21)16-30(22,29)13-12-27(24,28)6/h17-22,24-25,31H,8-16H2,1-7H3/t18-,19+,20+,21+,22+,24+,25+,27-,28+,29-,30+/m1/s1. The molecule has 0 aromatic carbocycles. The second-order valence-electron chi connectivity index (χ2n) is 15.0. The lowest BCUT2D eigenvalue weighted by atomic mass is 9.42. The van der Waals surface area contributed by atoms with Crippen molar-refractivity contribution in [2.45, 2.75) is 125 Å². The zero-order chi connectivity index (χ0) is 23.8. The normalized spacial score (nSPS) is 57.1. The SMILES string of the molecule is CC(C)[C@@H]1O[C@H]1C[C@@H](C)[C@H]1[C@@H](O)C[C@@]2(C)[C@@H]3CC[C@H]4C(C)(C)C(=O)CC[C@@]45C[C@@]35CC[C@]12C. The Balaban J connectivity index is 1.28. The minimum absolute atomic E-state index is 0.141. The van der Waals surface area contributed by atoms with Gasteiger partial charge in [0.25, 0.3) is 0 Å². The third kappa shape index (κ3) is 2.63. The lowest BCUT2D eigenvalue weighted by Gasteiger charge is -2.62. The second kappa shape index (κ2) is 6.67. The molecule has 0 bridgehead atoms. The number of ether oxygens (including phenoxy) is 1. The molecule has 11 atom stereocenters. The molecule has 6 aliphatic rings. The summed E-state index contributed by atoms with van der Waals surface area (Å²) in [6, 6.07) is 0. The van der Waals surface area contributed by atoms with Crippen molar-refractivity contribution in [1.29, 1.82) is 0 Å². The van der Waals surface area contributed by atoms with Gasteiger partial charge in [0.15, 0.2) is 0 Å². The van der Waals surface area contributed by atoms with E-state index in [2.05, 4.69) is 48.5 Å². The van der Waals surface area contributed by atoms with Crippen molar-refractivity contribution in [2.75, 3.05) is 0 Å². The van der Waals surface area contributed by atoms with Crippen molar-refractivity contribution in [1.82, 2.24) is 0 Å². The molecule has 1 saturated heterocycles. The zero-order valence-electron chi connectivity index (χ0n) is 22.2. The summed E-state index contributed by atoms with van der Waals surface area (Å²) in [6.45, 7) is 16.6. The number of epoxide rings is 1. The van der Waals surface area contributed by atoms with Gasteiger partial charge in [-0.05, 0) is 103 Å². The molecular formula is C30H48O3. The molecule has 3 heteroatoms. The molecule has 5 saturated carbocycles. The van der Waals surface area contributed by atoms with Crippen LogP contribution in [0.5, 0.6) is 0 Å². The Hall–Kier alpha value is -0.410. The van der Waals surface area contributed by atoms with Gasteiger partial charge in [-0.3, -0.25) is 4.79 Å². The van der Waals surface area contributed by atoms with Crippen molar-refractivity contribution in [2.24, 2.45) is 56.7 Å². The molecule has 1 aliphatic heterocycles. The van der Waals surface area contributed by atoms with Crippen LogP contribution in [-0.2, 0) is 9.53 Å². The van der Waals surface area contributed by atoms with Gasteiger partial charge in [0.2, 0.25) is 0 Å². The van der Waals surface area contributed by atoms with E-state index >= 15 is 0 Å². The van der Waals surface area contributed by atoms with Gasteiger partial charge in [0.05, 0.1) is 18.3 Å². The molecule has 1 heterocycles. The second-order valence-corrected chi connectivity index (χ2v) is 15.0. The largest absolute Gasteiger partial charge is 0.393 e. The Morgan fingerprint density at radius 3 is 2.30 bits per heavy atom. The summed E-state index contributed by atoms with van der Waals surface area (Å²) in [7, 11) is 0. The third-order valence-electron chi connectivity index (χ3n) is 13.4. The highest BCUT2D eigenvalue weighted by molar-refractivity contribution is 5.86. The van der Waals surface area contributed by atoms with E-state index in [-0.39, 0.29) is 22.3 Å². The Kier molecular flexibility index (Phi) is 4.65. The van der Waals surface area contributed by atoms with Crippen LogP contribution in [0.3, 0.4) is 0 Å². The summed E-state index contributed by atoms with van der Waals surface area (Å²) in [5.41, 5.74) is 1.14. The van der Waals surface area contributed by atoms with Crippen LogP contribution in [0.1, 0.15) is 106 Å². The molecule has 5 aliphatic carbocycles. The Morgan fingerprint density at radius 2 is 1.64 bits per heavy atom. The van der Waals surface area contributed by atoms with E-state index in [1.807, 2.05) is 0 Å². The summed E-state index contributed by atoms with van der Waals surface area (Å²) >= 11 is 0. The van der Waals surface area contributed by atoms with Crippen molar-refractivity contribution in [3.05, 3.63) is 0 Å². The smallest absolute Gasteiger partial charge is 0.138 e. The topological polar surface area (TPSA) is 49.8 Å². The summed E-state index contributed by atoms with van der Waals surface area (Å²) in [4.78, 5) is 12.9. The quantitative estimate of drug-likeness (QED) is 0.497. The first-order valence-electron chi connectivity index (χ1n) is 14.2. The first-order valence-corrected chi connectivity index (χ1v) is 14.2. The first kappa shape index (κ1) is 23.0. The number of carbonyl (C=O) groups excluding carboxylic acids is 1. The van der Waals surface area contributed by atoms with Crippen molar-refractivity contribution >= 4 is 5.78 Å². The van der Waals surface area contributed by atoms with Crippen LogP contribution in [-0.4, -0.2) is 29.2 Å². The van der Waals surface area contributed by atoms with Gasteiger partial charge in [0.1, 0.15) is 5.78 Å². The van der Waals surface area contributed by atoms with Gasteiger partial charge in [-0.1, -0.05) is 48.5 Å². The summed E-state index contributed by atoms with van der Waals surface area (Å²) in [6.07, 6.45) is 11.1. The van der Waals surface area contributed by atoms with E-state index in [0.29, 0.717) is 52.5 Å². The van der Waals surface area contributed by atoms with Crippen LogP contribution in [0.15, 0.2) is 0 Å². The first-order chi connectivity index (χ1) is 15.3. The van der Waals surface area contributed by atoms with E-state index in [1.54, 1.807) is 0 Å². The summed E-state index contributed by atoms with van der Waals surface area (Å²) in [5.74, 6) is 3.29. The average molecular weight is 457 g/mol. The number of hydrogen-bond acceptors (Lipinski definition) is 3. The fourth-order valence-electron chi connectivity index (χ4n) is 11.7. The molecule has 2 spiro atoms. The number of fused-ring (bicyclic) bond motifs is 2. The minimum atomic E-state index is -0.182. The van der Waals surface area contributed by atoms with Crippen LogP contribution in [0, 0.1) is 56.7 Å². The number of carbonyl (C=O) groups is 1. The maximum absolute atomic E-state index is 12.9. The number of ketones is 1. The average Bonchev–Trinajstić information content (AvgIpc) is 3.60. The maximum atomic E-state index is 12.9. The van der Waals surface area contributed by atoms with Crippen LogP contribution in [0.4, 0.5) is 0 Å². The molecule has 0 radical (unpaired) electrons. The van der Waals surface area contributed by atoms with E-state index in [1.165, 1.54) is 32.1 Å². The molecule has 0 aromatic heterocycles. The number of aliphatic hydroxyl groups excluding tert-OH is 1. The molecule has 1 N–H and O–H groups in total. The van der Waals surface area contributed by atoms with Gasteiger partial charge >= 0.3 is 0 Å². The van der Waals surface area contributed by atoms with E-state index < -0.39 is 0 Å². The van der Waals surface area contributed by atoms with E-state index in [0.717, 1.165) is 31.6 Å². The number of Topliss-reactive ketones (excluding diaryl/α,β-unsaturated/α-hetero) is 1.